The number of fused-ring (bicyclic) bond motifs is 2. The van der Waals surface area contributed by atoms with Gasteiger partial charge in [0.25, 0.3) is 0 Å². The number of carbonyl (C=O) groups is 1. The molecule has 0 spiro atoms. The first kappa shape index (κ1) is 14.4. The zero-order chi connectivity index (χ0) is 15.0. The van der Waals surface area contributed by atoms with Crippen LogP contribution in [0.2, 0.25) is 0 Å². The molecule has 2 bridgehead atoms. The van der Waals surface area contributed by atoms with Crippen LogP contribution in [0.3, 0.4) is 0 Å². The zero-order valence-corrected chi connectivity index (χ0v) is 13.0. The van der Waals surface area contributed by atoms with E-state index in [-0.39, 0.29) is 17.9 Å². The summed E-state index contributed by atoms with van der Waals surface area (Å²) in [6.07, 6.45) is 3.43. The van der Waals surface area contributed by atoms with Gasteiger partial charge in [-0.05, 0) is 57.7 Å². The molecular weight excluding hydrogens is 264 g/mol. The highest BCUT2D eigenvalue weighted by Gasteiger charge is 2.44. The third-order valence-corrected chi connectivity index (χ3v) is 4.32. The number of nitrogens with one attached hydrogen (secondary N) is 2. The smallest absolute Gasteiger partial charge is 0.230 e. The van der Waals surface area contributed by atoms with Gasteiger partial charge in [0.05, 0.1) is 29.5 Å². The molecule has 21 heavy (non-hydrogen) atoms. The van der Waals surface area contributed by atoms with E-state index in [1.54, 1.807) is 0 Å². The van der Waals surface area contributed by atoms with Crippen molar-refractivity contribution in [1.29, 1.82) is 0 Å². The monoisotopic (exact) mass is 288 g/mol. The van der Waals surface area contributed by atoms with Gasteiger partial charge >= 0.3 is 0 Å². The van der Waals surface area contributed by atoms with E-state index in [4.69, 9.17) is 4.74 Å². The molecule has 2 saturated heterocycles. The fourth-order valence-corrected chi connectivity index (χ4v) is 3.34. The molecule has 4 heteroatoms. The molecule has 3 atom stereocenters. The minimum absolute atomic E-state index is 0.0103. The predicted molar refractivity (Wildman–Crippen MR) is 84.6 cm³/mol. The highest BCUT2D eigenvalue weighted by molar-refractivity contribution is 5.96. The number of aryl methyl sites for hydroxylation is 1. The Labute approximate surface area is 126 Å². The average molecular weight is 288 g/mol. The van der Waals surface area contributed by atoms with Crippen LogP contribution in [-0.4, -0.2) is 24.2 Å². The number of carbonyl (C=O) groups excluding carboxylic acids is 1. The number of ether oxygens (including phenoxy) is 1. The summed E-state index contributed by atoms with van der Waals surface area (Å²) in [6.45, 7) is 6.22. The van der Waals surface area contributed by atoms with Crippen molar-refractivity contribution < 1.29 is 9.53 Å². The summed E-state index contributed by atoms with van der Waals surface area (Å²) in [5, 5.41) is 6.49. The summed E-state index contributed by atoms with van der Waals surface area (Å²) >= 11 is 0. The quantitative estimate of drug-likeness (QED) is 0.893. The Morgan fingerprint density at radius 1 is 1.29 bits per heavy atom. The van der Waals surface area contributed by atoms with Crippen molar-refractivity contribution in [2.75, 3.05) is 10.6 Å². The molecule has 3 rings (SSSR count). The molecule has 0 saturated carbocycles. The molecule has 2 N–H and O–H groups in total. The van der Waals surface area contributed by atoms with Crippen LogP contribution in [0.5, 0.6) is 0 Å². The van der Waals surface area contributed by atoms with Crippen molar-refractivity contribution in [3.8, 4) is 0 Å². The first-order valence-electron chi connectivity index (χ1n) is 7.86. The summed E-state index contributed by atoms with van der Waals surface area (Å²) < 4.78 is 5.79. The lowest BCUT2D eigenvalue weighted by Crippen LogP contribution is -2.31. The second kappa shape index (κ2) is 5.68. The van der Waals surface area contributed by atoms with E-state index in [0.29, 0.717) is 12.1 Å². The largest absolute Gasteiger partial charge is 0.381 e. The van der Waals surface area contributed by atoms with E-state index in [1.807, 2.05) is 19.1 Å². The second-order valence-corrected chi connectivity index (χ2v) is 6.55. The van der Waals surface area contributed by atoms with Gasteiger partial charge in [0.2, 0.25) is 5.91 Å². The third-order valence-electron chi connectivity index (χ3n) is 4.32. The van der Waals surface area contributed by atoms with Crippen LogP contribution in [0.25, 0.3) is 0 Å². The Hall–Kier alpha value is -1.55. The summed E-state index contributed by atoms with van der Waals surface area (Å²) in [7, 11) is 0. The molecular formula is C17H24N2O2. The number of hydrogen-bond donors (Lipinski definition) is 2. The van der Waals surface area contributed by atoms with Gasteiger partial charge in [0.15, 0.2) is 0 Å². The zero-order valence-electron chi connectivity index (χ0n) is 13.0. The summed E-state index contributed by atoms with van der Waals surface area (Å²) in [5.74, 6) is 0.107. The Balaban J connectivity index is 1.74. The molecule has 1 aromatic carbocycles. The molecule has 2 heterocycles. The number of rotatable bonds is 4. The number of benzene rings is 1. The normalized spacial score (nSPS) is 27.1. The van der Waals surface area contributed by atoms with Crippen LogP contribution in [0.4, 0.5) is 11.4 Å². The van der Waals surface area contributed by atoms with Crippen molar-refractivity contribution in [3.63, 3.8) is 0 Å². The van der Waals surface area contributed by atoms with Crippen LogP contribution < -0.4 is 10.6 Å². The summed E-state index contributed by atoms with van der Waals surface area (Å²) in [6, 6.07) is 6.44. The Morgan fingerprint density at radius 3 is 2.71 bits per heavy atom. The highest BCUT2D eigenvalue weighted by Crippen LogP contribution is 2.39. The number of hydrogen-bond acceptors (Lipinski definition) is 3. The van der Waals surface area contributed by atoms with Crippen LogP contribution >= 0.6 is 0 Å². The Morgan fingerprint density at radius 2 is 2.10 bits per heavy atom. The maximum atomic E-state index is 12.5. The predicted octanol–water partition coefficient (Wildman–Crippen LogP) is 3.32. The minimum Gasteiger partial charge on any atom is -0.381 e. The average Bonchev–Trinajstić information content (AvgIpc) is 3.04. The fourth-order valence-electron chi connectivity index (χ4n) is 3.34. The van der Waals surface area contributed by atoms with Gasteiger partial charge in [0.1, 0.15) is 0 Å². The molecule has 2 fully saturated rings. The molecule has 114 valence electrons. The molecule has 0 aliphatic carbocycles. The molecule has 0 unspecified atom stereocenters. The van der Waals surface area contributed by atoms with Gasteiger partial charge in [-0.3, -0.25) is 4.79 Å². The van der Waals surface area contributed by atoms with E-state index in [9.17, 15) is 4.79 Å². The lowest BCUT2D eigenvalue weighted by atomic mass is 9.88. The molecule has 0 aromatic heterocycles. The van der Waals surface area contributed by atoms with Crippen molar-refractivity contribution in [1.82, 2.24) is 0 Å². The molecule has 4 nitrogen and oxygen atoms in total. The van der Waals surface area contributed by atoms with E-state index >= 15 is 0 Å². The number of anilines is 2. The van der Waals surface area contributed by atoms with Gasteiger partial charge in [0, 0.05) is 6.04 Å². The maximum absolute atomic E-state index is 12.5. The number of amides is 1. The third kappa shape index (κ3) is 3.05. The molecule has 1 aromatic rings. The van der Waals surface area contributed by atoms with Crippen molar-refractivity contribution in [2.24, 2.45) is 5.92 Å². The molecule has 0 radical (unpaired) electrons. The van der Waals surface area contributed by atoms with E-state index < -0.39 is 0 Å². The first-order valence-corrected chi connectivity index (χ1v) is 7.86. The molecule has 2 aliphatic rings. The van der Waals surface area contributed by atoms with Gasteiger partial charge < -0.3 is 15.4 Å². The van der Waals surface area contributed by atoms with Crippen molar-refractivity contribution in [3.05, 3.63) is 23.8 Å². The highest BCUT2D eigenvalue weighted by atomic mass is 16.5. The van der Waals surface area contributed by atoms with E-state index in [2.05, 4.69) is 30.5 Å². The van der Waals surface area contributed by atoms with Crippen molar-refractivity contribution in [2.45, 2.75) is 58.3 Å². The van der Waals surface area contributed by atoms with Gasteiger partial charge in [-0.25, -0.2) is 0 Å². The van der Waals surface area contributed by atoms with Gasteiger partial charge in [-0.15, -0.1) is 0 Å². The van der Waals surface area contributed by atoms with Crippen LogP contribution in [0.1, 0.15) is 38.7 Å². The first-order chi connectivity index (χ1) is 10.0. The second-order valence-electron chi connectivity index (χ2n) is 6.55. The standard InChI is InChI=1S/C17H24N2O2/c1-10(2)18-14-6-4-11(3)8-15(14)19-17(20)13-9-12-5-7-16(13)21-12/h4,6,8,10,12-13,16,18H,5,7,9H2,1-3H3,(H,19,20)/t12-,13-,16-/m1/s1. The lowest BCUT2D eigenvalue weighted by Gasteiger charge is -2.21. The van der Waals surface area contributed by atoms with Gasteiger partial charge in [-0.2, -0.15) is 0 Å². The van der Waals surface area contributed by atoms with Crippen molar-refractivity contribution >= 4 is 17.3 Å². The van der Waals surface area contributed by atoms with E-state index in [1.165, 1.54) is 0 Å². The topological polar surface area (TPSA) is 50.4 Å². The van der Waals surface area contributed by atoms with Crippen LogP contribution in [-0.2, 0) is 9.53 Å². The van der Waals surface area contributed by atoms with Crippen LogP contribution in [0, 0.1) is 12.8 Å². The molecule has 1 amide bonds. The Kier molecular flexibility index (Phi) is 3.89. The fraction of sp³-hybridized carbons (Fsp3) is 0.588. The summed E-state index contributed by atoms with van der Waals surface area (Å²) in [4.78, 5) is 12.5. The van der Waals surface area contributed by atoms with Crippen LogP contribution in [0.15, 0.2) is 18.2 Å². The minimum atomic E-state index is 0.0103. The Bertz CT molecular complexity index is 542. The van der Waals surface area contributed by atoms with E-state index in [0.717, 1.165) is 36.2 Å². The maximum Gasteiger partial charge on any atom is 0.230 e. The summed E-state index contributed by atoms with van der Waals surface area (Å²) in [5.41, 5.74) is 2.99. The SMILES string of the molecule is Cc1ccc(NC(C)C)c(NC(=O)[C@@H]2C[C@H]3CC[C@H]2O3)c1. The molecule has 2 aliphatic heterocycles. The lowest BCUT2D eigenvalue weighted by molar-refractivity contribution is -0.121. The van der Waals surface area contributed by atoms with Gasteiger partial charge in [-0.1, -0.05) is 6.07 Å².